The number of hydrogen-bond acceptors (Lipinski definition) is 5. The lowest BCUT2D eigenvalue weighted by atomic mass is 10.2. The van der Waals surface area contributed by atoms with Crippen molar-refractivity contribution in [2.24, 2.45) is 0 Å². The standard InChI is InChI=1S/C12H18N4O3/c1-4-8(2)16(7-11(17)18)10-6-5-9(14-15-10)12(19)13-3/h5-6,8H,4,7H2,1-3H3,(H,13,19)(H,17,18). The Kier molecular flexibility index (Phi) is 5.23. The van der Waals surface area contributed by atoms with E-state index in [9.17, 15) is 9.59 Å². The Balaban J connectivity index is 2.96. The Bertz CT molecular complexity index is 447. The van der Waals surface area contributed by atoms with E-state index in [1.54, 1.807) is 11.0 Å². The normalized spacial score (nSPS) is 11.7. The molecular weight excluding hydrogens is 248 g/mol. The van der Waals surface area contributed by atoms with Crippen LogP contribution < -0.4 is 10.2 Å². The van der Waals surface area contributed by atoms with E-state index in [4.69, 9.17) is 5.11 Å². The van der Waals surface area contributed by atoms with Crippen molar-refractivity contribution in [3.05, 3.63) is 17.8 Å². The molecule has 2 N–H and O–H groups in total. The summed E-state index contributed by atoms with van der Waals surface area (Å²) in [6.07, 6.45) is 0.784. The molecule has 0 saturated carbocycles. The second-order valence-corrected chi connectivity index (χ2v) is 4.13. The predicted molar refractivity (Wildman–Crippen MR) is 70.2 cm³/mol. The third kappa shape index (κ3) is 3.90. The highest BCUT2D eigenvalue weighted by Gasteiger charge is 2.18. The summed E-state index contributed by atoms with van der Waals surface area (Å²) in [4.78, 5) is 23.9. The first-order chi connectivity index (χ1) is 8.99. The third-order valence-electron chi connectivity index (χ3n) is 2.83. The number of hydrogen-bond donors (Lipinski definition) is 2. The molecule has 7 nitrogen and oxygen atoms in total. The zero-order chi connectivity index (χ0) is 14.4. The molecule has 0 radical (unpaired) electrons. The highest BCUT2D eigenvalue weighted by atomic mass is 16.4. The van der Waals surface area contributed by atoms with E-state index >= 15 is 0 Å². The molecule has 0 saturated heterocycles. The Morgan fingerprint density at radius 1 is 1.42 bits per heavy atom. The van der Waals surface area contributed by atoms with Crippen LogP contribution in [-0.4, -0.2) is 46.8 Å². The number of carbonyl (C=O) groups is 2. The molecule has 1 atom stereocenters. The van der Waals surface area contributed by atoms with Crippen molar-refractivity contribution in [2.75, 3.05) is 18.5 Å². The molecule has 104 valence electrons. The van der Waals surface area contributed by atoms with E-state index in [0.29, 0.717) is 5.82 Å². The number of aromatic nitrogens is 2. The lowest BCUT2D eigenvalue weighted by Gasteiger charge is -2.27. The topological polar surface area (TPSA) is 95.4 Å². The van der Waals surface area contributed by atoms with Gasteiger partial charge in [0.15, 0.2) is 11.5 Å². The van der Waals surface area contributed by atoms with Crippen molar-refractivity contribution in [3.63, 3.8) is 0 Å². The summed E-state index contributed by atoms with van der Waals surface area (Å²) in [6, 6.07) is 3.15. The van der Waals surface area contributed by atoms with Crippen molar-refractivity contribution in [1.82, 2.24) is 15.5 Å². The van der Waals surface area contributed by atoms with Gasteiger partial charge in [-0.05, 0) is 25.5 Å². The Morgan fingerprint density at radius 3 is 2.53 bits per heavy atom. The maximum Gasteiger partial charge on any atom is 0.323 e. The molecule has 0 bridgehead atoms. The zero-order valence-corrected chi connectivity index (χ0v) is 11.3. The highest BCUT2D eigenvalue weighted by Crippen LogP contribution is 2.14. The van der Waals surface area contributed by atoms with Crippen LogP contribution in [-0.2, 0) is 4.79 Å². The summed E-state index contributed by atoms with van der Waals surface area (Å²) in [5.74, 6) is -0.811. The van der Waals surface area contributed by atoms with Crippen LogP contribution in [0.3, 0.4) is 0 Å². The number of carboxylic acid groups (broad SMARTS) is 1. The van der Waals surface area contributed by atoms with Crippen LogP contribution in [0.1, 0.15) is 30.8 Å². The quantitative estimate of drug-likeness (QED) is 0.779. The highest BCUT2D eigenvalue weighted by molar-refractivity contribution is 5.91. The van der Waals surface area contributed by atoms with Gasteiger partial charge in [0, 0.05) is 13.1 Å². The summed E-state index contributed by atoms with van der Waals surface area (Å²) in [7, 11) is 1.51. The number of carbonyl (C=O) groups excluding carboxylic acids is 1. The fourth-order valence-electron chi connectivity index (χ4n) is 1.56. The van der Waals surface area contributed by atoms with Crippen LogP contribution in [0, 0.1) is 0 Å². The van der Waals surface area contributed by atoms with E-state index in [1.165, 1.54) is 13.1 Å². The zero-order valence-electron chi connectivity index (χ0n) is 11.3. The number of nitrogens with zero attached hydrogens (tertiary/aromatic N) is 3. The lowest BCUT2D eigenvalue weighted by Crippen LogP contribution is -2.38. The number of rotatable bonds is 6. The van der Waals surface area contributed by atoms with E-state index in [1.807, 2.05) is 13.8 Å². The fraction of sp³-hybridized carbons (Fsp3) is 0.500. The van der Waals surface area contributed by atoms with Crippen molar-refractivity contribution < 1.29 is 14.7 Å². The summed E-state index contributed by atoms with van der Waals surface area (Å²) in [5, 5.41) is 19.1. The van der Waals surface area contributed by atoms with Crippen LogP contribution in [0.2, 0.25) is 0 Å². The minimum Gasteiger partial charge on any atom is -0.480 e. The molecular formula is C12H18N4O3. The van der Waals surface area contributed by atoms with E-state index in [0.717, 1.165) is 6.42 Å². The van der Waals surface area contributed by atoms with Crippen molar-refractivity contribution >= 4 is 17.7 Å². The number of aliphatic carboxylic acids is 1. The molecule has 0 aliphatic heterocycles. The minimum absolute atomic E-state index is 0.0243. The van der Waals surface area contributed by atoms with E-state index in [-0.39, 0.29) is 24.2 Å². The van der Waals surface area contributed by atoms with Gasteiger partial charge < -0.3 is 15.3 Å². The Labute approximate surface area is 111 Å². The molecule has 0 fully saturated rings. The molecule has 0 aliphatic rings. The van der Waals surface area contributed by atoms with E-state index in [2.05, 4.69) is 15.5 Å². The largest absolute Gasteiger partial charge is 0.480 e. The second-order valence-electron chi connectivity index (χ2n) is 4.13. The van der Waals surface area contributed by atoms with Crippen LogP contribution in [0.15, 0.2) is 12.1 Å². The predicted octanol–water partition coefficient (Wildman–Crippen LogP) is 0.526. The maximum absolute atomic E-state index is 11.3. The van der Waals surface area contributed by atoms with Crippen molar-refractivity contribution in [2.45, 2.75) is 26.3 Å². The Morgan fingerprint density at radius 2 is 2.11 bits per heavy atom. The minimum atomic E-state index is -0.933. The summed E-state index contributed by atoms with van der Waals surface area (Å²) in [5.41, 5.74) is 0.200. The van der Waals surface area contributed by atoms with Gasteiger partial charge in [-0.3, -0.25) is 9.59 Å². The molecule has 1 amide bonds. The van der Waals surface area contributed by atoms with Gasteiger partial charge in [-0.25, -0.2) is 0 Å². The summed E-state index contributed by atoms with van der Waals surface area (Å²) < 4.78 is 0. The average molecular weight is 266 g/mol. The molecule has 1 rings (SSSR count). The average Bonchev–Trinajstić information content (AvgIpc) is 2.43. The molecule has 19 heavy (non-hydrogen) atoms. The Hall–Kier alpha value is -2.18. The van der Waals surface area contributed by atoms with Gasteiger partial charge in [-0.15, -0.1) is 10.2 Å². The molecule has 1 unspecified atom stereocenters. The first-order valence-electron chi connectivity index (χ1n) is 6.03. The van der Waals surface area contributed by atoms with Crippen LogP contribution in [0.5, 0.6) is 0 Å². The van der Waals surface area contributed by atoms with E-state index < -0.39 is 5.97 Å². The number of anilines is 1. The first-order valence-corrected chi connectivity index (χ1v) is 6.03. The van der Waals surface area contributed by atoms with Gasteiger partial charge in [0.2, 0.25) is 0 Å². The van der Waals surface area contributed by atoms with Gasteiger partial charge >= 0.3 is 5.97 Å². The number of amides is 1. The second kappa shape index (κ2) is 6.67. The lowest BCUT2D eigenvalue weighted by molar-refractivity contribution is -0.135. The number of nitrogens with one attached hydrogen (secondary N) is 1. The molecule has 0 aliphatic carbocycles. The molecule has 7 heteroatoms. The van der Waals surface area contributed by atoms with Crippen LogP contribution in [0.4, 0.5) is 5.82 Å². The van der Waals surface area contributed by atoms with Gasteiger partial charge in [0.25, 0.3) is 5.91 Å². The first kappa shape index (κ1) is 14.9. The van der Waals surface area contributed by atoms with Crippen LogP contribution in [0.25, 0.3) is 0 Å². The molecule has 1 aromatic heterocycles. The van der Waals surface area contributed by atoms with Crippen molar-refractivity contribution in [3.8, 4) is 0 Å². The summed E-state index contributed by atoms with van der Waals surface area (Å²) in [6.45, 7) is 3.73. The van der Waals surface area contributed by atoms with Gasteiger partial charge in [-0.2, -0.15) is 0 Å². The molecule has 1 heterocycles. The van der Waals surface area contributed by atoms with Crippen molar-refractivity contribution in [1.29, 1.82) is 0 Å². The third-order valence-corrected chi connectivity index (χ3v) is 2.83. The number of carboxylic acids is 1. The van der Waals surface area contributed by atoms with Crippen LogP contribution >= 0.6 is 0 Å². The smallest absolute Gasteiger partial charge is 0.323 e. The molecule has 1 aromatic rings. The monoisotopic (exact) mass is 266 g/mol. The SMILES string of the molecule is CCC(C)N(CC(=O)O)c1ccc(C(=O)NC)nn1. The summed E-state index contributed by atoms with van der Waals surface area (Å²) >= 11 is 0. The van der Waals surface area contributed by atoms with Gasteiger partial charge in [0.1, 0.15) is 6.54 Å². The molecule has 0 aromatic carbocycles. The van der Waals surface area contributed by atoms with Gasteiger partial charge in [0.05, 0.1) is 0 Å². The fourth-order valence-corrected chi connectivity index (χ4v) is 1.56. The molecule has 0 spiro atoms. The maximum atomic E-state index is 11.3. The van der Waals surface area contributed by atoms with Gasteiger partial charge in [-0.1, -0.05) is 6.92 Å².